The highest BCUT2D eigenvalue weighted by atomic mass is 16.6. The number of benzene rings is 3. The molecule has 1 aliphatic heterocycles. The number of esters is 2. The van der Waals surface area contributed by atoms with E-state index in [4.69, 9.17) is 14.2 Å². The van der Waals surface area contributed by atoms with Crippen LogP contribution in [0.1, 0.15) is 72.9 Å². The van der Waals surface area contributed by atoms with Gasteiger partial charge in [-0.15, -0.1) is 0 Å². The Labute approximate surface area is 323 Å². The van der Waals surface area contributed by atoms with Crippen LogP contribution in [0.2, 0.25) is 0 Å². The molecule has 1 amide bonds. The van der Waals surface area contributed by atoms with E-state index in [1.807, 2.05) is 0 Å². The zero-order chi connectivity index (χ0) is 40.4. The maximum atomic E-state index is 14.7. The number of hydrogen-bond acceptors (Lipinski definition) is 12. The summed E-state index contributed by atoms with van der Waals surface area (Å²) in [7, 11) is 0. The number of carbonyl (C=O) groups is 4. The van der Waals surface area contributed by atoms with Crippen LogP contribution in [0.25, 0.3) is 0 Å². The number of hydrogen-bond donors (Lipinski definition) is 6. The van der Waals surface area contributed by atoms with Crippen LogP contribution in [0, 0.1) is 16.7 Å². The molecule has 296 valence electrons. The number of aliphatic hydroxyl groups is 5. The minimum absolute atomic E-state index is 0.0351. The van der Waals surface area contributed by atoms with Gasteiger partial charge in [0.05, 0.1) is 35.8 Å². The van der Waals surface area contributed by atoms with Gasteiger partial charge in [0, 0.05) is 29.7 Å². The van der Waals surface area contributed by atoms with Crippen molar-refractivity contribution in [1.82, 2.24) is 5.32 Å². The van der Waals surface area contributed by atoms with Gasteiger partial charge in [0.25, 0.3) is 5.91 Å². The molecule has 3 aromatic carbocycles. The van der Waals surface area contributed by atoms with E-state index >= 15 is 0 Å². The second-order valence-corrected chi connectivity index (χ2v) is 16.2. The molecule has 11 atom stereocenters. The van der Waals surface area contributed by atoms with Crippen molar-refractivity contribution in [2.24, 2.45) is 16.7 Å². The largest absolute Gasteiger partial charge is 0.456 e. The normalized spacial score (nSPS) is 34.3. The van der Waals surface area contributed by atoms with Crippen molar-refractivity contribution in [3.8, 4) is 0 Å². The third kappa shape index (κ3) is 6.08. The zero-order valence-electron chi connectivity index (χ0n) is 31.5. The lowest BCUT2D eigenvalue weighted by Gasteiger charge is -2.66. The number of ether oxygens (including phenoxy) is 3. The van der Waals surface area contributed by atoms with Gasteiger partial charge in [-0.25, -0.2) is 9.59 Å². The maximum Gasteiger partial charge on any atom is 0.338 e. The first-order valence-electron chi connectivity index (χ1n) is 18.7. The molecule has 6 N–H and O–H groups in total. The topological polar surface area (TPSA) is 209 Å². The first-order valence-corrected chi connectivity index (χ1v) is 18.7. The summed E-state index contributed by atoms with van der Waals surface area (Å²) in [5.74, 6) is -5.07. The number of amides is 1. The van der Waals surface area contributed by atoms with Gasteiger partial charge in [0.1, 0.15) is 29.5 Å². The van der Waals surface area contributed by atoms with Gasteiger partial charge in [0.15, 0.2) is 11.9 Å². The molecule has 2 saturated carbocycles. The summed E-state index contributed by atoms with van der Waals surface area (Å²) >= 11 is 0. The van der Waals surface area contributed by atoms with Crippen molar-refractivity contribution in [1.29, 1.82) is 0 Å². The Hall–Kier alpha value is -4.76. The zero-order valence-corrected chi connectivity index (χ0v) is 31.5. The van der Waals surface area contributed by atoms with E-state index in [0.717, 1.165) is 0 Å². The molecule has 0 spiro atoms. The number of carbonyl (C=O) groups excluding carboxylic acids is 4. The summed E-state index contributed by atoms with van der Waals surface area (Å²) in [5, 5.41) is 63.6. The highest BCUT2D eigenvalue weighted by Crippen LogP contribution is 2.63. The molecule has 2 bridgehead atoms. The van der Waals surface area contributed by atoms with Crippen molar-refractivity contribution in [3.63, 3.8) is 0 Å². The molecule has 56 heavy (non-hydrogen) atoms. The first-order chi connectivity index (χ1) is 26.5. The van der Waals surface area contributed by atoms with Gasteiger partial charge in [0.2, 0.25) is 0 Å². The van der Waals surface area contributed by atoms with Crippen LogP contribution in [0.3, 0.4) is 0 Å². The van der Waals surface area contributed by atoms with Crippen molar-refractivity contribution in [2.45, 2.75) is 94.4 Å². The van der Waals surface area contributed by atoms with Crippen molar-refractivity contribution >= 4 is 23.6 Å². The van der Waals surface area contributed by atoms with Crippen molar-refractivity contribution < 1.29 is 58.9 Å². The molecule has 13 nitrogen and oxygen atoms in total. The standard InChI is InChI=1S/C43H47NO12/c1-23-27(55-39(51)33(47)31(24-14-8-5-9-15-24)44-37(49)25-16-10-6-11-17-25)21-43(53)36(56-38(50)26-18-12-7-13-19-26)34-41(4,28(45)20-29-42(34,52)22-54-29)35(48)32(46)30(23)40(43,2)3/h5-19,27-29,31-34,36,45-47,52-53H,20-22H2,1-4H3,(H,44,49)/t27?,28?,29?,31?,32?,33?,34?,36?,41-,42+,43?/m1/s1. The number of aliphatic hydroxyl groups excluding tert-OH is 3. The van der Waals surface area contributed by atoms with Gasteiger partial charge in [-0.2, -0.15) is 0 Å². The third-order valence-electron chi connectivity index (χ3n) is 12.9. The molecule has 1 heterocycles. The molecule has 3 aromatic rings. The van der Waals surface area contributed by atoms with Crippen LogP contribution in [0.4, 0.5) is 0 Å². The second kappa shape index (κ2) is 14.3. The molecule has 1 saturated heterocycles. The SMILES string of the molecule is CC1=C2C(O)C(=O)[C@]3(C)C(O)CC4OC[C@@]4(O)C3C(OC(=O)c3ccccc3)C(O)(CC1OC(=O)C(O)C(NC(=O)c1ccccc1)c1ccccc1)C2(C)C. The number of ketones is 1. The van der Waals surface area contributed by atoms with E-state index < -0.39 is 101 Å². The van der Waals surface area contributed by atoms with Crippen LogP contribution >= 0.6 is 0 Å². The Morgan fingerprint density at radius 3 is 2.00 bits per heavy atom. The van der Waals surface area contributed by atoms with E-state index in [2.05, 4.69) is 5.32 Å². The Morgan fingerprint density at radius 1 is 0.857 bits per heavy atom. The number of Topliss-reactive ketones (excluding diaryl/α,β-unsaturated/α-hetero) is 1. The van der Waals surface area contributed by atoms with E-state index in [1.165, 1.54) is 26.0 Å². The third-order valence-corrected chi connectivity index (χ3v) is 12.9. The molecule has 4 aliphatic rings. The Balaban J connectivity index is 1.31. The minimum Gasteiger partial charge on any atom is -0.456 e. The Bertz CT molecular complexity index is 2040. The summed E-state index contributed by atoms with van der Waals surface area (Å²) in [4.78, 5) is 56.0. The number of nitrogens with one attached hydrogen (secondary N) is 1. The highest BCUT2D eigenvalue weighted by Gasteiger charge is 2.76. The molecule has 3 aliphatic carbocycles. The fourth-order valence-electron chi connectivity index (χ4n) is 9.54. The fourth-order valence-corrected chi connectivity index (χ4v) is 9.54. The summed E-state index contributed by atoms with van der Waals surface area (Å²) in [5.41, 5.74) is -6.83. The van der Waals surface area contributed by atoms with E-state index in [1.54, 1.807) is 92.7 Å². The molecule has 0 radical (unpaired) electrons. The van der Waals surface area contributed by atoms with E-state index in [-0.39, 0.29) is 35.3 Å². The summed E-state index contributed by atoms with van der Waals surface area (Å²) in [6.07, 6.45) is -10.3. The summed E-state index contributed by atoms with van der Waals surface area (Å²) in [6, 6.07) is 23.2. The minimum atomic E-state index is -2.30. The van der Waals surface area contributed by atoms with E-state index in [0.29, 0.717) is 5.56 Å². The van der Waals surface area contributed by atoms with Crippen LogP contribution in [-0.2, 0) is 23.8 Å². The van der Waals surface area contributed by atoms with Crippen molar-refractivity contribution in [2.75, 3.05) is 6.61 Å². The van der Waals surface area contributed by atoms with Gasteiger partial charge < -0.3 is 45.1 Å². The van der Waals surface area contributed by atoms with Gasteiger partial charge in [-0.1, -0.05) is 80.6 Å². The van der Waals surface area contributed by atoms with Gasteiger partial charge in [-0.3, -0.25) is 9.59 Å². The lowest BCUT2D eigenvalue weighted by Crippen LogP contribution is -2.81. The van der Waals surface area contributed by atoms with Crippen LogP contribution in [0.5, 0.6) is 0 Å². The number of fused-ring (bicyclic) bond motifs is 5. The Morgan fingerprint density at radius 2 is 1.43 bits per heavy atom. The predicted molar refractivity (Wildman–Crippen MR) is 199 cm³/mol. The lowest BCUT2D eigenvalue weighted by molar-refractivity contribution is -0.343. The molecule has 7 rings (SSSR count). The lowest BCUT2D eigenvalue weighted by atomic mass is 9.44. The maximum absolute atomic E-state index is 14.7. The predicted octanol–water partition coefficient (Wildman–Crippen LogP) is 2.59. The molecule has 0 aromatic heterocycles. The van der Waals surface area contributed by atoms with Gasteiger partial charge >= 0.3 is 11.9 Å². The fraction of sp³-hybridized carbons (Fsp3) is 0.442. The first kappa shape index (κ1) is 39.5. The molecule has 13 heteroatoms. The van der Waals surface area contributed by atoms with Crippen LogP contribution in [-0.4, -0.2) is 104 Å². The second-order valence-electron chi connectivity index (χ2n) is 16.2. The average Bonchev–Trinajstić information content (AvgIpc) is 3.19. The average molecular weight is 770 g/mol. The highest BCUT2D eigenvalue weighted by molar-refractivity contribution is 5.95. The molecular formula is C43H47NO12. The Kier molecular flexibility index (Phi) is 10.1. The van der Waals surface area contributed by atoms with Crippen LogP contribution < -0.4 is 5.32 Å². The van der Waals surface area contributed by atoms with Crippen LogP contribution in [0.15, 0.2) is 102 Å². The smallest absolute Gasteiger partial charge is 0.338 e. The molecule has 3 fully saturated rings. The summed E-state index contributed by atoms with van der Waals surface area (Å²) in [6.45, 7) is 5.72. The monoisotopic (exact) mass is 769 g/mol. The number of rotatable bonds is 8. The van der Waals surface area contributed by atoms with Gasteiger partial charge in [-0.05, 0) is 54.8 Å². The quantitative estimate of drug-likeness (QED) is 0.144. The molecular weight excluding hydrogens is 722 g/mol. The van der Waals surface area contributed by atoms with Crippen molar-refractivity contribution in [3.05, 3.63) is 119 Å². The summed E-state index contributed by atoms with van der Waals surface area (Å²) < 4.78 is 17.9. The molecule has 9 unspecified atom stereocenters. The van der Waals surface area contributed by atoms with E-state index in [9.17, 15) is 44.7 Å².